The number of hydrogen-bond donors (Lipinski definition) is 1. The third-order valence-corrected chi connectivity index (χ3v) is 3.59. The largest absolute Gasteiger partial charge is 0.464 e. The van der Waals surface area contributed by atoms with Gasteiger partial charge in [-0.05, 0) is 24.3 Å². The molecular formula is C12H8N2O2S. The van der Waals surface area contributed by atoms with Crippen molar-refractivity contribution in [2.45, 2.75) is 0 Å². The molecule has 0 saturated carbocycles. The van der Waals surface area contributed by atoms with Crippen molar-refractivity contribution in [3.8, 4) is 11.3 Å². The molecule has 0 aromatic carbocycles. The first-order chi connectivity index (χ1) is 8.27. The number of pyridine rings is 1. The molecule has 0 spiro atoms. The molecule has 2 N–H and O–H groups in total. The molecule has 3 aromatic heterocycles. The number of fused-ring (bicyclic) bond motifs is 1. The highest BCUT2D eigenvalue weighted by Gasteiger charge is 2.19. The number of furan rings is 1. The predicted molar refractivity (Wildman–Crippen MR) is 65.8 cm³/mol. The number of nitrogens with two attached hydrogens (primary N) is 1. The number of carbonyl (C=O) groups is 1. The monoisotopic (exact) mass is 244 g/mol. The molecule has 3 heterocycles. The van der Waals surface area contributed by atoms with Crippen LogP contribution >= 0.6 is 11.3 Å². The van der Waals surface area contributed by atoms with Crippen molar-refractivity contribution >= 4 is 27.5 Å². The van der Waals surface area contributed by atoms with Crippen molar-refractivity contribution in [2.24, 2.45) is 5.73 Å². The predicted octanol–water partition coefficient (Wildman–Crippen LogP) is 2.66. The van der Waals surface area contributed by atoms with E-state index in [-0.39, 0.29) is 0 Å². The average Bonchev–Trinajstić information content (AvgIpc) is 2.94. The lowest BCUT2D eigenvalue weighted by molar-refractivity contribution is 0.100. The van der Waals surface area contributed by atoms with Crippen molar-refractivity contribution in [3.05, 3.63) is 41.6 Å². The van der Waals surface area contributed by atoms with E-state index in [0.717, 1.165) is 15.8 Å². The third kappa shape index (κ3) is 1.52. The van der Waals surface area contributed by atoms with Crippen LogP contribution in [0.3, 0.4) is 0 Å². The number of thiophene rings is 1. The molecule has 0 aliphatic rings. The maximum absolute atomic E-state index is 11.4. The van der Waals surface area contributed by atoms with Crippen molar-refractivity contribution < 1.29 is 9.21 Å². The zero-order valence-electron chi connectivity index (χ0n) is 8.71. The summed E-state index contributed by atoms with van der Waals surface area (Å²) in [5, 5.41) is 0.890. The zero-order valence-corrected chi connectivity index (χ0v) is 9.53. The van der Waals surface area contributed by atoms with Gasteiger partial charge in [-0.3, -0.25) is 4.79 Å². The minimum atomic E-state index is -0.459. The third-order valence-electron chi connectivity index (χ3n) is 2.46. The van der Waals surface area contributed by atoms with Gasteiger partial charge in [-0.2, -0.15) is 0 Å². The van der Waals surface area contributed by atoms with E-state index in [2.05, 4.69) is 4.98 Å². The van der Waals surface area contributed by atoms with E-state index in [1.165, 1.54) is 11.3 Å². The molecule has 3 rings (SSSR count). The minimum Gasteiger partial charge on any atom is -0.464 e. The van der Waals surface area contributed by atoms with Crippen LogP contribution < -0.4 is 5.73 Å². The highest BCUT2D eigenvalue weighted by molar-refractivity contribution is 7.21. The molecule has 0 fully saturated rings. The summed E-state index contributed by atoms with van der Waals surface area (Å²) in [6.07, 6.45) is 3.26. The molecule has 17 heavy (non-hydrogen) atoms. The summed E-state index contributed by atoms with van der Waals surface area (Å²) in [7, 11) is 0. The fourth-order valence-electron chi connectivity index (χ4n) is 1.77. The van der Waals surface area contributed by atoms with Crippen LogP contribution in [-0.4, -0.2) is 10.9 Å². The Balaban J connectivity index is 2.40. The van der Waals surface area contributed by atoms with E-state index in [4.69, 9.17) is 10.2 Å². The lowest BCUT2D eigenvalue weighted by atomic mass is 10.1. The minimum absolute atomic E-state index is 0.459. The first-order valence-corrected chi connectivity index (χ1v) is 5.80. The number of aromatic nitrogens is 1. The van der Waals surface area contributed by atoms with Gasteiger partial charge in [-0.15, -0.1) is 11.3 Å². The van der Waals surface area contributed by atoms with Gasteiger partial charge in [0.1, 0.15) is 15.5 Å². The van der Waals surface area contributed by atoms with E-state index in [1.807, 2.05) is 12.1 Å². The average molecular weight is 244 g/mol. The van der Waals surface area contributed by atoms with E-state index in [0.29, 0.717) is 10.6 Å². The maximum Gasteiger partial charge on any atom is 0.259 e. The van der Waals surface area contributed by atoms with Crippen molar-refractivity contribution in [1.82, 2.24) is 4.98 Å². The van der Waals surface area contributed by atoms with Crippen molar-refractivity contribution in [2.75, 3.05) is 0 Å². The molecular weight excluding hydrogens is 236 g/mol. The van der Waals surface area contributed by atoms with Crippen molar-refractivity contribution in [1.29, 1.82) is 0 Å². The Morgan fingerprint density at radius 3 is 2.94 bits per heavy atom. The van der Waals surface area contributed by atoms with Gasteiger partial charge in [0, 0.05) is 11.6 Å². The number of primary amides is 1. The normalized spacial score (nSPS) is 10.8. The molecule has 0 radical (unpaired) electrons. The molecule has 0 bridgehead atoms. The molecule has 0 aliphatic carbocycles. The van der Waals surface area contributed by atoms with Gasteiger partial charge in [0.15, 0.2) is 0 Å². The Morgan fingerprint density at radius 2 is 2.24 bits per heavy atom. The summed E-state index contributed by atoms with van der Waals surface area (Å²) in [6, 6.07) is 7.32. The lowest BCUT2D eigenvalue weighted by Crippen LogP contribution is -2.09. The van der Waals surface area contributed by atoms with Crippen LogP contribution in [0, 0.1) is 0 Å². The molecule has 5 heteroatoms. The molecule has 84 valence electrons. The first-order valence-electron chi connectivity index (χ1n) is 4.98. The summed E-state index contributed by atoms with van der Waals surface area (Å²) in [5.74, 6) is 0.178. The van der Waals surface area contributed by atoms with E-state index in [9.17, 15) is 4.79 Å². The molecule has 3 aromatic rings. The number of rotatable bonds is 2. The van der Waals surface area contributed by atoms with Gasteiger partial charge in [-0.25, -0.2) is 4.98 Å². The van der Waals surface area contributed by atoms with Gasteiger partial charge in [0.25, 0.3) is 5.91 Å². The molecule has 1 amide bonds. The summed E-state index contributed by atoms with van der Waals surface area (Å²) in [5.41, 5.74) is 6.12. The Kier molecular flexibility index (Phi) is 2.19. The lowest BCUT2D eigenvalue weighted by Gasteiger charge is -1.97. The SMILES string of the molecule is NC(=O)c1sc2ncccc2c1-c1ccco1. The standard InChI is InChI=1S/C12H8N2O2S/c13-11(15)10-9(8-4-2-6-16-8)7-3-1-5-14-12(7)17-10/h1-6H,(H2,13,15). The van der Waals surface area contributed by atoms with Crippen LogP contribution in [0.5, 0.6) is 0 Å². The second-order valence-electron chi connectivity index (χ2n) is 3.50. The van der Waals surface area contributed by atoms with E-state index in [1.54, 1.807) is 24.6 Å². The molecule has 0 unspecified atom stereocenters. The smallest absolute Gasteiger partial charge is 0.259 e. The maximum atomic E-state index is 11.4. The van der Waals surface area contributed by atoms with Crippen LogP contribution in [0.4, 0.5) is 0 Å². The Morgan fingerprint density at radius 1 is 1.35 bits per heavy atom. The second-order valence-corrected chi connectivity index (χ2v) is 4.50. The highest BCUT2D eigenvalue weighted by Crippen LogP contribution is 2.37. The quantitative estimate of drug-likeness (QED) is 0.753. The topological polar surface area (TPSA) is 69.1 Å². The Hall–Kier alpha value is -2.14. The van der Waals surface area contributed by atoms with Gasteiger partial charge in [0.05, 0.1) is 11.8 Å². The van der Waals surface area contributed by atoms with Gasteiger partial charge in [0.2, 0.25) is 0 Å². The summed E-state index contributed by atoms with van der Waals surface area (Å²) < 4.78 is 5.35. The van der Waals surface area contributed by atoms with Crippen LogP contribution in [0.2, 0.25) is 0 Å². The molecule has 0 saturated heterocycles. The molecule has 0 aliphatic heterocycles. The van der Waals surface area contributed by atoms with Crippen LogP contribution in [0.1, 0.15) is 9.67 Å². The van der Waals surface area contributed by atoms with E-state index >= 15 is 0 Å². The Bertz CT molecular complexity index is 686. The van der Waals surface area contributed by atoms with Gasteiger partial charge < -0.3 is 10.2 Å². The van der Waals surface area contributed by atoms with Crippen LogP contribution in [0.25, 0.3) is 21.5 Å². The fourth-order valence-corrected chi connectivity index (χ4v) is 2.77. The zero-order chi connectivity index (χ0) is 11.8. The fraction of sp³-hybridized carbons (Fsp3) is 0. The molecule has 0 atom stereocenters. The van der Waals surface area contributed by atoms with Gasteiger partial charge in [-0.1, -0.05) is 0 Å². The summed E-state index contributed by atoms with van der Waals surface area (Å²) >= 11 is 1.28. The van der Waals surface area contributed by atoms with Crippen LogP contribution in [0.15, 0.2) is 41.1 Å². The van der Waals surface area contributed by atoms with Crippen LogP contribution in [-0.2, 0) is 0 Å². The highest BCUT2D eigenvalue weighted by atomic mass is 32.1. The summed E-state index contributed by atoms with van der Waals surface area (Å²) in [6.45, 7) is 0. The second kappa shape index (κ2) is 3.71. The number of carbonyl (C=O) groups excluding carboxylic acids is 1. The van der Waals surface area contributed by atoms with Gasteiger partial charge >= 0.3 is 0 Å². The molecule has 4 nitrogen and oxygen atoms in total. The summed E-state index contributed by atoms with van der Waals surface area (Å²) in [4.78, 5) is 16.9. The van der Waals surface area contributed by atoms with E-state index < -0.39 is 5.91 Å². The Labute approximate surface area is 101 Å². The number of nitrogens with zero attached hydrogens (tertiary/aromatic N) is 1. The van der Waals surface area contributed by atoms with Crippen molar-refractivity contribution in [3.63, 3.8) is 0 Å². The number of amides is 1. The first kappa shape index (κ1) is 10.0. The number of hydrogen-bond acceptors (Lipinski definition) is 4.